The Morgan fingerprint density at radius 1 is 1.19 bits per heavy atom. The van der Waals surface area contributed by atoms with Crippen LogP contribution in [0.5, 0.6) is 0 Å². The molecule has 6 nitrogen and oxygen atoms in total. The summed E-state index contributed by atoms with van der Waals surface area (Å²) in [6, 6.07) is 6.59. The van der Waals surface area contributed by atoms with Gasteiger partial charge in [-0.2, -0.15) is 0 Å². The molecule has 1 fully saturated rings. The number of hydrogen-bond donors (Lipinski definition) is 2. The molecule has 7 heteroatoms. The molecule has 2 rings (SSSR count). The van der Waals surface area contributed by atoms with Crippen molar-refractivity contribution in [2.75, 3.05) is 6.54 Å². The maximum atomic E-state index is 12.6. The minimum atomic E-state index is -0.915. The summed E-state index contributed by atoms with van der Waals surface area (Å²) >= 11 is 5.82. The van der Waals surface area contributed by atoms with E-state index < -0.39 is 11.6 Å². The fourth-order valence-corrected chi connectivity index (χ4v) is 3.09. The molecule has 1 atom stereocenters. The van der Waals surface area contributed by atoms with Crippen molar-refractivity contribution in [1.82, 2.24) is 15.5 Å². The minimum absolute atomic E-state index is 0.275. The Morgan fingerprint density at radius 2 is 1.88 bits per heavy atom. The number of nitrogens with one attached hydrogen (secondary N) is 2. The van der Waals surface area contributed by atoms with Crippen molar-refractivity contribution in [3.05, 3.63) is 34.9 Å². The molecule has 1 aliphatic heterocycles. The third-order valence-corrected chi connectivity index (χ3v) is 4.83. The van der Waals surface area contributed by atoms with Gasteiger partial charge in [0.05, 0.1) is 0 Å². The summed E-state index contributed by atoms with van der Waals surface area (Å²) < 4.78 is 0. The topological polar surface area (TPSA) is 78.5 Å². The van der Waals surface area contributed by atoms with Crippen LogP contribution in [-0.2, 0) is 16.1 Å². The lowest BCUT2D eigenvalue weighted by atomic mass is 9.94. The van der Waals surface area contributed by atoms with Crippen LogP contribution in [0.4, 0.5) is 4.79 Å². The van der Waals surface area contributed by atoms with Crippen LogP contribution in [0.2, 0.25) is 5.02 Å². The van der Waals surface area contributed by atoms with E-state index in [1.165, 1.54) is 0 Å². The van der Waals surface area contributed by atoms with E-state index in [2.05, 4.69) is 17.6 Å². The summed E-state index contributed by atoms with van der Waals surface area (Å²) in [5.41, 5.74) is -0.0258. The van der Waals surface area contributed by atoms with Crippen LogP contribution in [0, 0.1) is 0 Å². The van der Waals surface area contributed by atoms with Gasteiger partial charge in [-0.1, -0.05) is 56.3 Å². The van der Waals surface area contributed by atoms with E-state index in [0.29, 0.717) is 18.0 Å². The molecule has 1 aromatic rings. The maximum absolute atomic E-state index is 12.6. The molecule has 0 aliphatic carbocycles. The van der Waals surface area contributed by atoms with E-state index in [0.717, 1.165) is 36.1 Å². The standard InChI is InChI=1S/C19H26ClN3O3/c1-3-4-5-6-11-19(2)17(25)23(18(26)22-19)13-16(24)21-12-14-7-9-15(20)10-8-14/h7-10H,3-6,11-13H2,1-2H3,(H,21,24)(H,22,26)/t19-/m1/s1. The molecule has 0 unspecified atom stereocenters. The minimum Gasteiger partial charge on any atom is -0.350 e. The number of benzene rings is 1. The predicted molar refractivity (Wildman–Crippen MR) is 101 cm³/mol. The van der Waals surface area contributed by atoms with Gasteiger partial charge in [-0.25, -0.2) is 4.79 Å². The average molecular weight is 380 g/mol. The highest BCUT2D eigenvalue weighted by Gasteiger charge is 2.47. The van der Waals surface area contributed by atoms with Crippen molar-refractivity contribution >= 4 is 29.4 Å². The number of unbranched alkanes of at least 4 members (excludes halogenated alkanes) is 3. The van der Waals surface area contributed by atoms with Gasteiger partial charge in [0.15, 0.2) is 0 Å². The SMILES string of the molecule is CCCCCC[C@@]1(C)NC(=O)N(CC(=O)NCc2ccc(Cl)cc2)C1=O. The number of carbonyl (C=O) groups is 3. The highest BCUT2D eigenvalue weighted by atomic mass is 35.5. The number of halogens is 1. The molecule has 1 aliphatic rings. The highest BCUT2D eigenvalue weighted by Crippen LogP contribution is 2.23. The van der Waals surface area contributed by atoms with E-state index >= 15 is 0 Å². The van der Waals surface area contributed by atoms with Crippen LogP contribution in [0.25, 0.3) is 0 Å². The Kier molecular flexibility index (Phi) is 7.03. The summed E-state index contributed by atoms with van der Waals surface area (Å²) in [4.78, 5) is 37.9. The third kappa shape index (κ3) is 5.21. The summed E-state index contributed by atoms with van der Waals surface area (Å²) in [5.74, 6) is -0.709. The number of hydrogen-bond acceptors (Lipinski definition) is 3. The molecule has 142 valence electrons. The van der Waals surface area contributed by atoms with Crippen molar-refractivity contribution in [3.8, 4) is 0 Å². The smallest absolute Gasteiger partial charge is 0.325 e. The number of amides is 4. The normalized spacial score (nSPS) is 19.6. The van der Waals surface area contributed by atoms with Crippen molar-refractivity contribution in [2.45, 2.75) is 58.0 Å². The van der Waals surface area contributed by atoms with Crippen LogP contribution in [0.1, 0.15) is 51.5 Å². The van der Waals surface area contributed by atoms with Crippen molar-refractivity contribution in [3.63, 3.8) is 0 Å². The zero-order valence-electron chi connectivity index (χ0n) is 15.3. The molecule has 4 amide bonds. The average Bonchev–Trinajstić information content (AvgIpc) is 2.82. The zero-order valence-corrected chi connectivity index (χ0v) is 16.1. The molecule has 0 saturated carbocycles. The lowest BCUT2D eigenvalue weighted by Gasteiger charge is -2.21. The van der Waals surface area contributed by atoms with E-state index in [-0.39, 0.29) is 18.4 Å². The molecule has 0 bridgehead atoms. The second kappa shape index (κ2) is 9.03. The van der Waals surface area contributed by atoms with Gasteiger partial charge >= 0.3 is 6.03 Å². The quantitative estimate of drug-likeness (QED) is 0.510. The number of nitrogens with zero attached hydrogens (tertiary/aromatic N) is 1. The molecule has 26 heavy (non-hydrogen) atoms. The molecule has 1 aromatic carbocycles. The molecular weight excluding hydrogens is 354 g/mol. The number of imide groups is 1. The van der Waals surface area contributed by atoms with Gasteiger partial charge in [0.1, 0.15) is 12.1 Å². The lowest BCUT2D eigenvalue weighted by Crippen LogP contribution is -2.45. The van der Waals surface area contributed by atoms with Crippen LogP contribution in [-0.4, -0.2) is 34.8 Å². The third-order valence-electron chi connectivity index (χ3n) is 4.58. The van der Waals surface area contributed by atoms with E-state index in [9.17, 15) is 14.4 Å². The Balaban J connectivity index is 1.85. The second-order valence-electron chi connectivity index (χ2n) is 6.87. The second-order valence-corrected chi connectivity index (χ2v) is 7.30. The van der Waals surface area contributed by atoms with E-state index in [4.69, 9.17) is 11.6 Å². The number of urea groups is 1. The molecule has 1 saturated heterocycles. The Labute approximate surface area is 159 Å². The molecule has 0 aromatic heterocycles. The van der Waals surface area contributed by atoms with Crippen molar-refractivity contribution in [2.24, 2.45) is 0 Å². The van der Waals surface area contributed by atoms with Gasteiger partial charge in [-0.3, -0.25) is 14.5 Å². The first-order valence-corrected chi connectivity index (χ1v) is 9.39. The molecular formula is C19H26ClN3O3. The van der Waals surface area contributed by atoms with Crippen LogP contribution >= 0.6 is 11.6 Å². The molecule has 0 radical (unpaired) electrons. The van der Waals surface area contributed by atoms with Gasteiger partial charge in [0, 0.05) is 11.6 Å². The fraction of sp³-hybridized carbons (Fsp3) is 0.526. The van der Waals surface area contributed by atoms with Crippen molar-refractivity contribution in [1.29, 1.82) is 0 Å². The first kappa shape index (κ1) is 20.2. The van der Waals surface area contributed by atoms with Gasteiger partial charge in [-0.05, 0) is 31.0 Å². The first-order valence-electron chi connectivity index (χ1n) is 9.01. The van der Waals surface area contributed by atoms with E-state index in [1.54, 1.807) is 19.1 Å². The Morgan fingerprint density at radius 3 is 2.54 bits per heavy atom. The van der Waals surface area contributed by atoms with Crippen molar-refractivity contribution < 1.29 is 14.4 Å². The van der Waals surface area contributed by atoms with Crippen LogP contribution < -0.4 is 10.6 Å². The summed E-state index contributed by atoms with van der Waals surface area (Å²) in [6.07, 6.45) is 4.69. The zero-order chi connectivity index (χ0) is 19.2. The predicted octanol–water partition coefficient (Wildman–Crippen LogP) is 3.24. The Hall–Kier alpha value is -2.08. The summed E-state index contributed by atoms with van der Waals surface area (Å²) in [7, 11) is 0. The van der Waals surface area contributed by atoms with Crippen LogP contribution in [0.15, 0.2) is 24.3 Å². The van der Waals surface area contributed by atoms with Gasteiger partial charge < -0.3 is 10.6 Å². The van der Waals surface area contributed by atoms with E-state index in [1.807, 2.05) is 12.1 Å². The van der Waals surface area contributed by atoms with Gasteiger partial charge in [0.2, 0.25) is 5.91 Å². The Bertz CT molecular complexity index is 662. The number of carbonyl (C=O) groups excluding carboxylic acids is 3. The summed E-state index contributed by atoms with van der Waals surface area (Å²) in [5, 5.41) is 6.08. The molecule has 0 spiro atoms. The fourth-order valence-electron chi connectivity index (χ4n) is 2.97. The summed E-state index contributed by atoms with van der Waals surface area (Å²) in [6.45, 7) is 3.89. The monoisotopic (exact) mass is 379 g/mol. The van der Waals surface area contributed by atoms with Gasteiger partial charge in [-0.15, -0.1) is 0 Å². The first-order chi connectivity index (χ1) is 12.4. The molecule has 2 N–H and O–H groups in total. The lowest BCUT2D eigenvalue weighted by molar-refractivity contribution is -0.134. The van der Waals surface area contributed by atoms with Gasteiger partial charge in [0.25, 0.3) is 5.91 Å². The largest absolute Gasteiger partial charge is 0.350 e. The molecule has 1 heterocycles. The highest BCUT2D eigenvalue weighted by molar-refractivity contribution is 6.30. The number of rotatable bonds is 9. The van der Waals surface area contributed by atoms with Crippen LogP contribution in [0.3, 0.4) is 0 Å². The maximum Gasteiger partial charge on any atom is 0.325 e.